The van der Waals surface area contributed by atoms with Crippen LogP contribution in [-0.4, -0.2) is 23.0 Å². The number of anilines is 1. The highest BCUT2D eigenvalue weighted by Crippen LogP contribution is 2.26. The number of thiophene rings is 1. The molecule has 6 heteroatoms. The van der Waals surface area contributed by atoms with Gasteiger partial charge < -0.3 is 10.6 Å². The van der Waals surface area contributed by atoms with Crippen molar-refractivity contribution in [3.63, 3.8) is 0 Å². The van der Waals surface area contributed by atoms with Crippen molar-refractivity contribution >= 4 is 33.9 Å². The lowest BCUT2D eigenvalue weighted by Crippen LogP contribution is -2.38. The van der Waals surface area contributed by atoms with Crippen molar-refractivity contribution in [3.8, 4) is 0 Å². The second-order valence-electron chi connectivity index (χ2n) is 5.65. The molecule has 0 fully saturated rings. The first-order valence-electron chi connectivity index (χ1n) is 6.91. The lowest BCUT2D eigenvalue weighted by molar-refractivity contribution is 0.250. The zero-order valence-electron chi connectivity index (χ0n) is 12.9. The van der Waals surface area contributed by atoms with Crippen LogP contribution in [0.25, 0.3) is 0 Å². The SMILES string of the molecule is C[S@](=O)c1ccc(NC(=O)NCC(C)(C)c2cccs2)cc1. The van der Waals surface area contributed by atoms with Crippen LogP contribution in [0.2, 0.25) is 0 Å². The van der Waals surface area contributed by atoms with Crippen molar-refractivity contribution in [1.82, 2.24) is 5.32 Å². The lowest BCUT2D eigenvalue weighted by atomic mass is 9.91. The van der Waals surface area contributed by atoms with Gasteiger partial charge in [-0.3, -0.25) is 4.21 Å². The quantitative estimate of drug-likeness (QED) is 0.877. The van der Waals surface area contributed by atoms with Crippen molar-refractivity contribution in [1.29, 1.82) is 0 Å². The first-order valence-corrected chi connectivity index (χ1v) is 9.34. The average Bonchev–Trinajstić information content (AvgIpc) is 3.01. The van der Waals surface area contributed by atoms with Crippen LogP contribution in [0.15, 0.2) is 46.7 Å². The fourth-order valence-electron chi connectivity index (χ4n) is 1.96. The molecule has 0 radical (unpaired) electrons. The van der Waals surface area contributed by atoms with Crippen LogP contribution in [0, 0.1) is 0 Å². The van der Waals surface area contributed by atoms with Crippen LogP contribution < -0.4 is 10.6 Å². The summed E-state index contributed by atoms with van der Waals surface area (Å²) in [4.78, 5) is 13.9. The molecule has 4 nitrogen and oxygen atoms in total. The topological polar surface area (TPSA) is 58.2 Å². The second kappa shape index (κ2) is 7.07. The van der Waals surface area contributed by atoms with Crippen LogP contribution in [0.1, 0.15) is 18.7 Å². The van der Waals surface area contributed by atoms with E-state index in [1.165, 1.54) is 4.88 Å². The van der Waals surface area contributed by atoms with Crippen LogP contribution in [-0.2, 0) is 16.2 Å². The maximum absolute atomic E-state index is 12.0. The fourth-order valence-corrected chi connectivity index (χ4v) is 3.33. The first kappa shape index (κ1) is 16.7. The Balaban J connectivity index is 1.89. The van der Waals surface area contributed by atoms with Crippen molar-refractivity contribution in [3.05, 3.63) is 46.7 Å². The summed E-state index contributed by atoms with van der Waals surface area (Å²) in [6.45, 7) is 4.76. The maximum atomic E-state index is 12.0. The summed E-state index contributed by atoms with van der Waals surface area (Å²) in [5, 5.41) is 7.71. The van der Waals surface area contributed by atoms with Crippen LogP contribution in [0.4, 0.5) is 10.5 Å². The molecule has 0 saturated heterocycles. The van der Waals surface area contributed by atoms with Crippen molar-refractivity contribution in [2.75, 3.05) is 18.1 Å². The Kier molecular flexibility index (Phi) is 5.37. The van der Waals surface area contributed by atoms with E-state index in [2.05, 4.69) is 30.5 Å². The molecule has 1 aromatic heterocycles. The van der Waals surface area contributed by atoms with E-state index >= 15 is 0 Å². The molecular formula is C16H20N2O2S2. The van der Waals surface area contributed by atoms with Crippen molar-refractivity contribution in [2.24, 2.45) is 0 Å². The van der Waals surface area contributed by atoms with E-state index in [-0.39, 0.29) is 11.4 Å². The zero-order valence-corrected chi connectivity index (χ0v) is 14.5. The molecule has 0 unspecified atom stereocenters. The molecule has 1 atom stereocenters. The van der Waals surface area contributed by atoms with Gasteiger partial charge in [-0.1, -0.05) is 19.9 Å². The molecule has 2 N–H and O–H groups in total. The molecule has 2 aromatic rings. The summed E-state index contributed by atoms with van der Waals surface area (Å²) in [6.07, 6.45) is 1.63. The largest absolute Gasteiger partial charge is 0.337 e. The number of carbonyl (C=O) groups excluding carboxylic acids is 1. The molecule has 22 heavy (non-hydrogen) atoms. The van der Waals surface area contributed by atoms with Gasteiger partial charge >= 0.3 is 6.03 Å². The molecule has 0 spiro atoms. The number of carbonyl (C=O) groups is 1. The smallest absolute Gasteiger partial charge is 0.319 e. The van der Waals surface area contributed by atoms with Crippen molar-refractivity contribution < 1.29 is 9.00 Å². The monoisotopic (exact) mass is 336 g/mol. The van der Waals surface area contributed by atoms with E-state index in [4.69, 9.17) is 0 Å². The Morgan fingerprint density at radius 3 is 2.45 bits per heavy atom. The summed E-state index contributed by atoms with van der Waals surface area (Å²) < 4.78 is 11.3. The Morgan fingerprint density at radius 1 is 1.23 bits per heavy atom. The highest BCUT2D eigenvalue weighted by Gasteiger charge is 2.22. The van der Waals surface area contributed by atoms with Gasteiger partial charge in [0.2, 0.25) is 0 Å². The molecule has 1 aromatic carbocycles. The minimum atomic E-state index is -1.01. The molecule has 0 aliphatic heterocycles. The molecule has 0 aliphatic carbocycles. The van der Waals surface area contributed by atoms with E-state index in [0.29, 0.717) is 12.2 Å². The second-order valence-corrected chi connectivity index (χ2v) is 7.97. The van der Waals surface area contributed by atoms with Gasteiger partial charge in [-0.05, 0) is 35.7 Å². The summed E-state index contributed by atoms with van der Waals surface area (Å²) >= 11 is 1.69. The van der Waals surface area contributed by atoms with Gasteiger partial charge in [0.15, 0.2) is 0 Å². The Bertz CT molecular complexity index is 649. The van der Waals surface area contributed by atoms with Gasteiger partial charge in [-0.25, -0.2) is 4.79 Å². The summed E-state index contributed by atoms with van der Waals surface area (Å²) in [5.74, 6) is 0. The summed E-state index contributed by atoms with van der Waals surface area (Å²) in [7, 11) is -1.01. The van der Waals surface area contributed by atoms with Crippen LogP contribution >= 0.6 is 11.3 Å². The van der Waals surface area contributed by atoms with Crippen LogP contribution in [0.3, 0.4) is 0 Å². The molecule has 2 amide bonds. The van der Waals surface area contributed by atoms with E-state index < -0.39 is 10.8 Å². The van der Waals surface area contributed by atoms with Gasteiger partial charge in [-0.15, -0.1) is 11.3 Å². The molecule has 2 rings (SSSR count). The number of hydrogen-bond donors (Lipinski definition) is 2. The van der Waals surface area contributed by atoms with Crippen LogP contribution in [0.5, 0.6) is 0 Å². The minimum Gasteiger partial charge on any atom is -0.337 e. The van der Waals surface area contributed by atoms with Gasteiger partial charge in [0.05, 0.1) is 0 Å². The summed E-state index contributed by atoms with van der Waals surface area (Å²) in [5.41, 5.74) is 0.578. The molecule has 1 heterocycles. The first-order chi connectivity index (χ1) is 10.4. The third-order valence-corrected chi connectivity index (χ3v) is 5.50. The van der Waals surface area contributed by atoms with E-state index in [0.717, 1.165) is 4.90 Å². The van der Waals surface area contributed by atoms with E-state index in [1.54, 1.807) is 41.9 Å². The third-order valence-electron chi connectivity index (χ3n) is 3.32. The zero-order chi connectivity index (χ0) is 16.2. The minimum absolute atomic E-state index is 0.103. The number of nitrogens with one attached hydrogen (secondary N) is 2. The van der Waals surface area contributed by atoms with E-state index in [1.807, 2.05) is 11.4 Å². The van der Waals surface area contributed by atoms with Crippen molar-refractivity contribution in [2.45, 2.75) is 24.2 Å². The highest BCUT2D eigenvalue weighted by molar-refractivity contribution is 7.84. The molecule has 0 saturated carbocycles. The predicted octanol–water partition coefficient (Wildman–Crippen LogP) is 3.58. The number of benzene rings is 1. The number of urea groups is 1. The molecule has 0 aliphatic rings. The lowest BCUT2D eigenvalue weighted by Gasteiger charge is -2.23. The van der Waals surface area contributed by atoms with Gasteiger partial charge in [0.25, 0.3) is 0 Å². The highest BCUT2D eigenvalue weighted by atomic mass is 32.2. The number of hydrogen-bond acceptors (Lipinski definition) is 3. The van der Waals surface area contributed by atoms with Gasteiger partial charge in [-0.2, -0.15) is 0 Å². The molecular weight excluding hydrogens is 316 g/mol. The number of amides is 2. The van der Waals surface area contributed by atoms with Gasteiger partial charge in [0, 0.05) is 44.5 Å². The molecule has 118 valence electrons. The summed E-state index contributed by atoms with van der Waals surface area (Å²) in [6, 6.07) is 10.9. The van der Waals surface area contributed by atoms with Gasteiger partial charge in [0.1, 0.15) is 0 Å². The van der Waals surface area contributed by atoms with E-state index in [9.17, 15) is 9.00 Å². The Morgan fingerprint density at radius 2 is 1.91 bits per heavy atom. The maximum Gasteiger partial charge on any atom is 0.319 e. The average molecular weight is 336 g/mol. The predicted molar refractivity (Wildman–Crippen MR) is 93.1 cm³/mol. The fraction of sp³-hybridized carbons (Fsp3) is 0.312. The number of rotatable bonds is 5. The Labute approximate surface area is 137 Å². The normalized spacial score (nSPS) is 12.7. The molecule has 0 bridgehead atoms. The standard InChI is InChI=1S/C16H20N2O2S2/c1-16(2,14-5-4-10-21-14)11-17-15(19)18-12-6-8-13(9-7-12)22(3)20/h4-10H,11H2,1-3H3,(H2,17,18,19)/t22-/m0/s1. The Hall–Kier alpha value is -1.66. The third kappa shape index (κ3) is 4.42.